The van der Waals surface area contributed by atoms with E-state index in [0.29, 0.717) is 5.69 Å². The molecule has 22 N–H and O–H groups in total. The molecule has 0 unspecified atom stereocenters. The number of nitrogens with zero attached hydrogens (tertiary/aromatic N) is 3. The number of imidazole rings is 1. The van der Waals surface area contributed by atoms with Crippen LogP contribution in [0.3, 0.4) is 0 Å². The average Bonchev–Trinajstić information content (AvgIpc) is 3.76. The molecular formula is C40H69N17O12. The van der Waals surface area contributed by atoms with Gasteiger partial charge in [-0.05, 0) is 50.9 Å². The van der Waals surface area contributed by atoms with Gasteiger partial charge in [-0.3, -0.25) is 53.1 Å². The molecule has 8 atom stereocenters. The van der Waals surface area contributed by atoms with Gasteiger partial charge in [0, 0.05) is 31.4 Å². The second-order valence-corrected chi connectivity index (χ2v) is 16.8. The van der Waals surface area contributed by atoms with Gasteiger partial charge in [-0.25, -0.2) is 9.78 Å². The number of aromatic nitrogens is 2. The fourth-order valence-electron chi connectivity index (χ4n) is 6.19. The molecule has 386 valence electrons. The van der Waals surface area contributed by atoms with Crippen LogP contribution in [-0.2, 0) is 54.4 Å². The van der Waals surface area contributed by atoms with Crippen LogP contribution in [0.1, 0.15) is 85.3 Å². The molecule has 8 amide bonds. The van der Waals surface area contributed by atoms with Gasteiger partial charge in [0.15, 0.2) is 11.9 Å². The molecular weight excluding hydrogens is 911 g/mol. The summed E-state index contributed by atoms with van der Waals surface area (Å²) in [6, 6.07) is -11.6. The normalized spacial score (nSPS) is 14.4. The van der Waals surface area contributed by atoms with Crippen molar-refractivity contribution in [3.63, 3.8) is 0 Å². The van der Waals surface area contributed by atoms with Gasteiger partial charge in [0.05, 0.1) is 25.2 Å². The van der Waals surface area contributed by atoms with Crippen LogP contribution in [-0.4, -0.2) is 153 Å². The Balaban J connectivity index is 3.39. The van der Waals surface area contributed by atoms with Gasteiger partial charge in [-0.1, -0.05) is 27.7 Å². The van der Waals surface area contributed by atoms with E-state index in [0.717, 1.165) is 0 Å². The minimum absolute atomic E-state index is 0.00353. The van der Waals surface area contributed by atoms with Crippen LogP contribution in [0.25, 0.3) is 0 Å². The zero-order valence-corrected chi connectivity index (χ0v) is 39.3. The minimum Gasteiger partial charge on any atom is -0.481 e. The summed E-state index contributed by atoms with van der Waals surface area (Å²) in [5.74, 6) is -11.8. The Labute approximate surface area is 397 Å². The van der Waals surface area contributed by atoms with E-state index in [1.54, 1.807) is 27.7 Å². The Morgan fingerprint density at radius 2 is 1.04 bits per heavy atom. The molecule has 0 radical (unpaired) electrons. The van der Waals surface area contributed by atoms with Crippen molar-refractivity contribution in [2.75, 3.05) is 13.1 Å². The zero-order chi connectivity index (χ0) is 52.5. The average molecular weight is 980 g/mol. The van der Waals surface area contributed by atoms with Crippen molar-refractivity contribution in [3.05, 3.63) is 18.2 Å². The topological polar surface area (TPSA) is 505 Å². The van der Waals surface area contributed by atoms with Gasteiger partial charge in [0.1, 0.15) is 42.3 Å². The van der Waals surface area contributed by atoms with Gasteiger partial charge < -0.3 is 86.8 Å². The van der Waals surface area contributed by atoms with Crippen molar-refractivity contribution in [1.82, 2.24) is 47.2 Å². The van der Waals surface area contributed by atoms with E-state index in [-0.39, 0.29) is 75.4 Å². The Morgan fingerprint density at radius 3 is 1.49 bits per heavy atom. The summed E-state index contributed by atoms with van der Waals surface area (Å²) in [7, 11) is 0. The van der Waals surface area contributed by atoms with E-state index in [1.165, 1.54) is 19.4 Å². The van der Waals surface area contributed by atoms with Crippen LogP contribution in [0.15, 0.2) is 22.5 Å². The molecule has 1 aromatic heterocycles. The van der Waals surface area contributed by atoms with Gasteiger partial charge >= 0.3 is 11.9 Å². The fourth-order valence-corrected chi connectivity index (χ4v) is 6.19. The highest BCUT2D eigenvalue weighted by Crippen LogP contribution is 2.10. The smallest absolute Gasteiger partial charge is 0.326 e. The van der Waals surface area contributed by atoms with Gasteiger partial charge in [0.2, 0.25) is 47.3 Å². The third kappa shape index (κ3) is 23.6. The Morgan fingerprint density at radius 1 is 0.594 bits per heavy atom. The third-order valence-corrected chi connectivity index (χ3v) is 9.91. The number of carbonyl (C=O) groups excluding carboxylic acids is 8. The molecule has 29 nitrogen and oxygen atoms in total. The van der Waals surface area contributed by atoms with Crippen LogP contribution in [0.2, 0.25) is 0 Å². The molecule has 69 heavy (non-hydrogen) atoms. The number of aliphatic imine (C=N–C) groups is 2. The van der Waals surface area contributed by atoms with E-state index in [1.807, 2.05) is 0 Å². The molecule has 0 spiro atoms. The first-order valence-electron chi connectivity index (χ1n) is 21.9. The molecule has 1 aromatic rings. The molecule has 1 rings (SSSR count). The van der Waals surface area contributed by atoms with Crippen LogP contribution < -0.4 is 71.6 Å². The zero-order valence-electron chi connectivity index (χ0n) is 39.3. The number of primary amides is 1. The van der Waals surface area contributed by atoms with Crippen molar-refractivity contribution < 1.29 is 58.2 Å². The molecule has 0 saturated heterocycles. The summed E-state index contributed by atoms with van der Waals surface area (Å²) in [4.78, 5) is 144. The summed E-state index contributed by atoms with van der Waals surface area (Å²) in [5, 5.41) is 36.1. The second kappa shape index (κ2) is 29.9. The number of hydrogen-bond donors (Lipinski definition) is 16. The SMILES string of the molecule is CC(C)C[C@H](NC(=O)[C@H](CC(=O)O)NC(=O)[C@H](CCCN=C(N)N)NC(=O)[C@H](Cc1cnc[nH]1)NC(=O)[C@@H](N)C(C)C)C(=O)N[C@@H](C)C(=O)N[C@@H](CCCN=C(N)N)C(=O)N[C@@H](CC(N)=O)C(=O)O. The number of carbonyl (C=O) groups is 10. The van der Waals surface area contributed by atoms with Crippen molar-refractivity contribution in [3.8, 4) is 0 Å². The quantitative estimate of drug-likeness (QED) is 0.0181. The number of aromatic amines is 1. The largest absolute Gasteiger partial charge is 0.481 e. The highest BCUT2D eigenvalue weighted by Gasteiger charge is 2.35. The number of aliphatic carboxylic acids is 2. The second-order valence-electron chi connectivity index (χ2n) is 16.8. The molecule has 29 heteroatoms. The van der Waals surface area contributed by atoms with E-state index < -0.39 is 120 Å². The Kier molecular flexibility index (Phi) is 25.8. The molecule has 0 saturated carbocycles. The molecule has 0 aromatic carbocycles. The first-order valence-corrected chi connectivity index (χ1v) is 21.9. The number of carboxylic acid groups (broad SMARTS) is 2. The first-order chi connectivity index (χ1) is 32.2. The van der Waals surface area contributed by atoms with Crippen LogP contribution >= 0.6 is 0 Å². The maximum atomic E-state index is 13.9. The number of carboxylic acids is 2. The predicted octanol–water partition coefficient (Wildman–Crippen LogP) is -6.06. The predicted molar refractivity (Wildman–Crippen MR) is 247 cm³/mol. The molecule has 1 heterocycles. The summed E-state index contributed by atoms with van der Waals surface area (Å²) in [6.07, 6.45) is 0.717. The maximum absolute atomic E-state index is 13.9. The lowest BCUT2D eigenvalue weighted by Crippen LogP contribution is -2.60. The maximum Gasteiger partial charge on any atom is 0.326 e. The number of guanidine groups is 2. The van der Waals surface area contributed by atoms with E-state index in [2.05, 4.69) is 57.2 Å². The number of rotatable bonds is 32. The number of nitrogens with one attached hydrogen (secondary N) is 8. The molecule has 0 fully saturated rings. The summed E-state index contributed by atoms with van der Waals surface area (Å²) in [5.41, 5.74) is 33.1. The lowest BCUT2D eigenvalue weighted by molar-refractivity contribution is -0.144. The van der Waals surface area contributed by atoms with E-state index in [4.69, 9.17) is 34.4 Å². The molecule has 0 aliphatic rings. The van der Waals surface area contributed by atoms with Crippen LogP contribution in [0.4, 0.5) is 0 Å². The first kappa shape index (κ1) is 59.4. The minimum atomic E-state index is -1.85. The molecule has 0 aliphatic carbocycles. The molecule has 0 bridgehead atoms. The lowest BCUT2D eigenvalue weighted by atomic mass is 10.0. The fraction of sp³-hybridized carbons (Fsp3) is 0.625. The number of amides is 8. The Bertz CT molecular complexity index is 1990. The van der Waals surface area contributed by atoms with Crippen molar-refractivity contribution >= 4 is 71.1 Å². The number of nitrogens with two attached hydrogens (primary N) is 6. The van der Waals surface area contributed by atoms with Crippen molar-refractivity contribution in [1.29, 1.82) is 0 Å². The monoisotopic (exact) mass is 980 g/mol. The van der Waals surface area contributed by atoms with Crippen LogP contribution in [0, 0.1) is 11.8 Å². The standard InChI is InChI=1S/C40H69N17O12/c1-18(2)12-24(34(64)51-20(5)31(61)52-22(8-6-10-48-39(43)44)33(63)57-27(38(68)69)14-28(41)58)54-36(66)26(15-29(59)60)55-32(62)23(9-7-11-49-40(45)46)53-35(65)25(13-21-16-47-17-50-21)56-37(67)30(42)19(3)4/h16-20,22-27,30H,6-15,42H2,1-5H3,(H2,41,58)(H,47,50)(H,51,64)(H,52,61)(H,53,65)(H,54,66)(H,55,62)(H,56,67)(H,57,63)(H,59,60)(H,68,69)(H4,43,44,48)(H4,45,46,49)/t20-,22-,23-,24-,25-,26-,27-,30-/m0/s1. The third-order valence-electron chi connectivity index (χ3n) is 9.91. The summed E-state index contributed by atoms with van der Waals surface area (Å²) >= 11 is 0. The Hall–Kier alpha value is -7.59. The molecule has 0 aliphatic heterocycles. The van der Waals surface area contributed by atoms with Gasteiger partial charge in [-0.2, -0.15) is 0 Å². The van der Waals surface area contributed by atoms with Crippen molar-refractivity contribution in [2.45, 2.75) is 134 Å². The van der Waals surface area contributed by atoms with E-state index >= 15 is 0 Å². The van der Waals surface area contributed by atoms with E-state index in [9.17, 15) is 58.2 Å². The van der Waals surface area contributed by atoms with Crippen molar-refractivity contribution in [2.24, 2.45) is 56.2 Å². The van der Waals surface area contributed by atoms with Crippen LogP contribution in [0.5, 0.6) is 0 Å². The highest BCUT2D eigenvalue weighted by atomic mass is 16.4. The summed E-state index contributed by atoms with van der Waals surface area (Å²) < 4.78 is 0. The van der Waals surface area contributed by atoms with Gasteiger partial charge in [0.25, 0.3) is 0 Å². The van der Waals surface area contributed by atoms with Gasteiger partial charge in [-0.15, -0.1) is 0 Å². The number of hydrogen-bond acceptors (Lipinski definition) is 14. The lowest BCUT2D eigenvalue weighted by Gasteiger charge is -2.27. The highest BCUT2D eigenvalue weighted by molar-refractivity contribution is 5.98. The summed E-state index contributed by atoms with van der Waals surface area (Å²) in [6.45, 7) is 8.04. The number of H-pyrrole nitrogens is 1.